The quantitative estimate of drug-likeness (QED) is 0.503. The standard InChI is InChI=1S/C21H19N3O4/c1-27-17-9-6-15(7-10-17)12-23-20(25)14-28-21(26)11-8-16-13-22-18-4-2-3-5-19(18)24-16/h2-11,13H,12,14H2,1H3,(H,23,25)/b11-8+. The van der Waals surface area contributed by atoms with E-state index in [1.54, 1.807) is 13.3 Å². The van der Waals surface area contributed by atoms with Gasteiger partial charge in [-0.3, -0.25) is 9.78 Å². The predicted molar refractivity (Wildman–Crippen MR) is 104 cm³/mol. The summed E-state index contributed by atoms with van der Waals surface area (Å²) >= 11 is 0. The van der Waals surface area contributed by atoms with Crippen molar-refractivity contribution in [2.24, 2.45) is 0 Å². The number of nitrogens with zero attached hydrogens (tertiary/aromatic N) is 2. The minimum absolute atomic E-state index is 0.336. The molecule has 1 N–H and O–H groups in total. The van der Waals surface area contributed by atoms with Crippen LogP contribution in [0.15, 0.2) is 60.8 Å². The Morgan fingerprint density at radius 1 is 1.07 bits per heavy atom. The summed E-state index contributed by atoms with van der Waals surface area (Å²) in [5.41, 5.74) is 2.95. The lowest BCUT2D eigenvalue weighted by atomic mass is 10.2. The minimum atomic E-state index is -0.630. The lowest BCUT2D eigenvalue weighted by Crippen LogP contribution is -2.28. The van der Waals surface area contributed by atoms with Crippen LogP contribution >= 0.6 is 0 Å². The van der Waals surface area contributed by atoms with Crippen molar-refractivity contribution in [3.05, 3.63) is 72.1 Å². The summed E-state index contributed by atoms with van der Waals surface area (Å²) in [4.78, 5) is 32.2. The van der Waals surface area contributed by atoms with E-state index in [1.165, 1.54) is 12.2 Å². The highest BCUT2D eigenvalue weighted by Gasteiger charge is 2.05. The summed E-state index contributed by atoms with van der Waals surface area (Å²) in [6, 6.07) is 14.7. The van der Waals surface area contributed by atoms with E-state index in [4.69, 9.17) is 9.47 Å². The molecule has 2 aromatic carbocycles. The van der Waals surface area contributed by atoms with Crippen molar-refractivity contribution in [2.45, 2.75) is 6.54 Å². The minimum Gasteiger partial charge on any atom is -0.497 e. The Balaban J connectivity index is 1.44. The van der Waals surface area contributed by atoms with Crippen LogP contribution in [-0.4, -0.2) is 35.6 Å². The van der Waals surface area contributed by atoms with Crippen molar-refractivity contribution >= 4 is 29.0 Å². The van der Waals surface area contributed by atoms with Gasteiger partial charge in [-0.05, 0) is 35.9 Å². The fraction of sp³-hybridized carbons (Fsp3) is 0.143. The number of carbonyl (C=O) groups excluding carboxylic acids is 2. The molecule has 142 valence electrons. The van der Waals surface area contributed by atoms with Gasteiger partial charge in [0.15, 0.2) is 6.61 Å². The molecule has 0 fully saturated rings. The first-order chi connectivity index (χ1) is 13.6. The Morgan fingerprint density at radius 2 is 1.82 bits per heavy atom. The average molecular weight is 377 g/mol. The molecule has 0 aliphatic carbocycles. The molecule has 0 saturated heterocycles. The van der Waals surface area contributed by atoms with Crippen LogP contribution in [0.2, 0.25) is 0 Å². The van der Waals surface area contributed by atoms with E-state index < -0.39 is 5.97 Å². The summed E-state index contributed by atoms with van der Waals surface area (Å²) in [6.07, 6.45) is 4.28. The molecule has 0 saturated carbocycles. The topological polar surface area (TPSA) is 90.4 Å². The van der Waals surface area contributed by atoms with Gasteiger partial charge >= 0.3 is 5.97 Å². The number of ether oxygens (including phenoxy) is 2. The van der Waals surface area contributed by atoms with E-state index in [9.17, 15) is 9.59 Å². The average Bonchev–Trinajstić information content (AvgIpc) is 2.75. The van der Waals surface area contributed by atoms with E-state index in [-0.39, 0.29) is 12.5 Å². The Bertz CT molecular complexity index is 1000. The second-order valence-electron chi connectivity index (χ2n) is 5.85. The molecule has 0 bridgehead atoms. The van der Waals surface area contributed by atoms with Crippen molar-refractivity contribution in [1.82, 2.24) is 15.3 Å². The van der Waals surface area contributed by atoms with Gasteiger partial charge < -0.3 is 14.8 Å². The zero-order chi connectivity index (χ0) is 19.8. The van der Waals surface area contributed by atoms with Crippen LogP contribution in [0.5, 0.6) is 5.75 Å². The summed E-state index contributed by atoms with van der Waals surface area (Å²) in [6.45, 7) is -0.0222. The normalized spacial score (nSPS) is 10.8. The molecule has 3 rings (SSSR count). The molecule has 3 aromatic rings. The maximum Gasteiger partial charge on any atom is 0.331 e. The highest BCUT2D eigenvalue weighted by atomic mass is 16.5. The molecule has 0 atom stereocenters. The molecule has 0 unspecified atom stereocenters. The predicted octanol–water partition coefficient (Wildman–Crippen LogP) is 2.51. The lowest BCUT2D eigenvalue weighted by molar-refractivity contribution is -0.143. The molecule has 0 aliphatic rings. The maximum absolute atomic E-state index is 11.8. The fourth-order valence-electron chi connectivity index (χ4n) is 2.39. The Morgan fingerprint density at radius 3 is 2.57 bits per heavy atom. The number of aromatic nitrogens is 2. The van der Waals surface area contributed by atoms with Gasteiger partial charge in [-0.25, -0.2) is 9.78 Å². The van der Waals surface area contributed by atoms with Crippen LogP contribution in [0.1, 0.15) is 11.3 Å². The fourth-order valence-corrected chi connectivity index (χ4v) is 2.39. The van der Waals surface area contributed by atoms with Crippen LogP contribution < -0.4 is 10.1 Å². The van der Waals surface area contributed by atoms with E-state index in [1.807, 2.05) is 48.5 Å². The van der Waals surface area contributed by atoms with Crippen LogP contribution in [-0.2, 0) is 20.9 Å². The van der Waals surface area contributed by atoms with E-state index >= 15 is 0 Å². The first-order valence-corrected chi connectivity index (χ1v) is 8.60. The maximum atomic E-state index is 11.8. The number of fused-ring (bicyclic) bond motifs is 1. The number of hydrogen-bond donors (Lipinski definition) is 1. The second-order valence-corrected chi connectivity index (χ2v) is 5.85. The molecule has 28 heavy (non-hydrogen) atoms. The van der Waals surface area contributed by atoms with E-state index in [0.717, 1.165) is 22.3 Å². The van der Waals surface area contributed by atoms with Gasteiger partial charge in [-0.2, -0.15) is 0 Å². The van der Waals surface area contributed by atoms with Crippen LogP contribution in [0.3, 0.4) is 0 Å². The number of methoxy groups -OCH3 is 1. The number of nitrogens with one attached hydrogen (secondary N) is 1. The molecule has 0 spiro atoms. The molecule has 0 radical (unpaired) electrons. The molecule has 1 aromatic heterocycles. The van der Waals surface area contributed by atoms with Gasteiger partial charge in [0.05, 0.1) is 30.0 Å². The van der Waals surface area contributed by atoms with Gasteiger partial charge in [0.1, 0.15) is 5.75 Å². The van der Waals surface area contributed by atoms with Crippen molar-refractivity contribution in [3.8, 4) is 5.75 Å². The van der Waals surface area contributed by atoms with Crippen molar-refractivity contribution in [1.29, 1.82) is 0 Å². The van der Waals surface area contributed by atoms with Crippen LogP contribution in [0.4, 0.5) is 0 Å². The molecule has 1 heterocycles. The van der Waals surface area contributed by atoms with Crippen molar-refractivity contribution in [3.63, 3.8) is 0 Å². The number of amides is 1. The third-order valence-electron chi connectivity index (χ3n) is 3.85. The Kier molecular flexibility index (Phi) is 6.30. The second kappa shape index (κ2) is 9.27. The molecular weight excluding hydrogens is 358 g/mol. The molecule has 0 aliphatic heterocycles. The number of rotatable bonds is 7. The number of hydrogen-bond acceptors (Lipinski definition) is 6. The van der Waals surface area contributed by atoms with Crippen molar-refractivity contribution in [2.75, 3.05) is 13.7 Å². The molecule has 7 heteroatoms. The number of benzene rings is 2. The van der Waals surface area contributed by atoms with Crippen LogP contribution in [0.25, 0.3) is 17.1 Å². The van der Waals surface area contributed by atoms with E-state index in [0.29, 0.717) is 12.2 Å². The Labute approximate surface area is 162 Å². The molecule has 7 nitrogen and oxygen atoms in total. The van der Waals surface area contributed by atoms with Gasteiger partial charge in [-0.1, -0.05) is 24.3 Å². The summed E-state index contributed by atoms with van der Waals surface area (Å²) in [5.74, 6) is -0.274. The number of carbonyl (C=O) groups is 2. The van der Waals surface area contributed by atoms with Gasteiger partial charge in [0, 0.05) is 12.6 Å². The number of para-hydroxylation sites is 2. The third kappa shape index (κ3) is 5.38. The molecule has 1 amide bonds. The zero-order valence-electron chi connectivity index (χ0n) is 15.3. The zero-order valence-corrected chi connectivity index (χ0v) is 15.3. The third-order valence-corrected chi connectivity index (χ3v) is 3.85. The van der Waals surface area contributed by atoms with Gasteiger partial charge in [0.25, 0.3) is 5.91 Å². The first kappa shape index (κ1) is 19.0. The molecular formula is C21H19N3O4. The SMILES string of the molecule is COc1ccc(CNC(=O)COC(=O)/C=C/c2cnc3ccccc3n2)cc1. The van der Waals surface area contributed by atoms with Crippen LogP contribution in [0, 0.1) is 0 Å². The largest absolute Gasteiger partial charge is 0.497 e. The monoisotopic (exact) mass is 377 g/mol. The summed E-state index contributed by atoms with van der Waals surface area (Å²) in [5, 5.41) is 2.68. The first-order valence-electron chi connectivity index (χ1n) is 8.60. The van der Waals surface area contributed by atoms with Gasteiger partial charge in [0.2, 0.25) is 0 Å². The van der Waals surface area contributed by atoms with Crippen molar-refractivity contribution < 1.29 is 19.1 Å². The highest BCUT2D eigenvalue weighted by Crippen LogP contribution is 2.11. The highest BCUT2D eigenvalue weighted by molar-refractivity contribution is 5.89. The van der Waals surface area contributed by atoms with Gasteiger partial charge in [-0.15, -0.1) is 0 Å². The van der Waals surface area contributed by atoms with E-state index in [2.05, 4.69) is 15.3 Å². The summed E-state index contributed by atoms with van der Waals surface area (Å²) < 4.78 is 10.0. The lowest BCUT2D eigenvalue weighted by Gasteiger charge is -2.06. The Hall–Kier alpha value is -3.74. The smallest absolute Gasteiger partial charge is 0.331 e. The number of esters is 1. The summed E-state index contributed by atoms with van der Waals surface area (Å²) in [7, 11) is 1.59.